The number of Topliss-reactive ketones (excluding diaryl/α,β-unsaturated/α-hetero) is 1. The van der Waals surface area contributed by atoms with Crippen molar-refractivity contribution in [3.63, 3.8) is 0 Å². The molecule has 3 heterocycles. The van der Waals surface area contributed by atoms with Crippen molar-refractivity contribution in [2.75, 3.05) is 12.0 Å². The molecule has 2 aromatic carbocycles. The summed E-state index contributed by atoms with van der Waals surface area (Å²) in [6.07, 6.45) is 1.71. The Morgan fingerprint density at radius 3 is 2.34 bits per heavy atom. The van der Waals surface area contributed by atoms with E-state index in [-0.39, 0.29) is 17.6 Å². The van der Waals surface area contributed by atoms with Crippen LogP contribution in [0.15, 0.2) is 53.6 Å². The van der Waals surface area contributed by atoms with Crippen molar-refractivity contribution >= 4 is 29.5 Å². The molecule has 0 bridgehead atoms. The highest BCUT2D eigenvalue weighted by molar-refractivity contribution is 6.24. The van der Waals surface area contributed by atoms with Crippen molar-refractivity contribution in [3.8, 4) is 5.75 Å². The van der Waals surface area contributed by atoms with Gasteiger partial charge in [0.2, 0.25) is 11.8 Å². The third-order valence-electron chi connectivity index (χ3n) is 6.63. The number of para-hydroxylation sites is 2. The molecule has 2 amide bonds. The molecule has 7 heteroatoms. The average molecular weight is 431 g/mol. The number of nitrogens with zero attached hydrogens (tertiary/aromatic N) is 3. The van der Waals surface area contributed by atoms with Crippen molar-refractivity contribution < 1.29 is 19.1 Å². The van der Waals surface area contributed by atoms with E-state index >= 15 is 0 Å². The maximum Gasteiger partial charge on any atom is 0.240 e. The predicted molar refractivity (Wildman–Crippen MR) is 119 cm³/mol. The predicted octanol–water partition coefficient (Wildman–Crippen LogP) is 3.19. The number of amides is 2. The Morgan fingerprint density at radius 1 is 0.969 bits per heavy atom. The highest BCUT2D eigenvalue weighted by Crippen LogP contribution is 2.54. The van der Waals surface area contributed by atoms with Crippen LogP contribution in [-0.2, 0) is 14.4 Å². The van der Waals surface area contributed by atoms with Crippen LogP contribution < -0.4 is 9.64 Å². The number of anilines is 1. The summed E-state index contributed by atoms with van der Waals surface area (Å²) in [6.45, 7) is 5.50. The fourth-order valence-corrected chi connectivity index (χ4v) is 5.16. The van der Waals surface area contributed by atoms with Crippen molar-refractivity contribution in [2.45, 2.75) is 32.9 Å². The van der Waals surface area contributed by atoms with E-state index in [1.165, 1.54) is 12.0 Å². The summed E-state index contributed by atoms with van der Waals surface area (Å²) in [7, 11) is 1.50. The largest absolute Gasteiger partial charge is 0.495 e. The number of benzene rings is 2. The molecular formula is C25H25N3O4. The van der Waals surface area contributed by atoms with E-state index in [9.17, 15) is 14.4 Å². The number of carbonyl (C=O) groups excluding carboxylic acids is 3. The van der Waals surface area contributed by atoms with Crippen LogP contribution in [0.4, 0.5) is 5.69 Å². The van der Waals surface area contributed by atoms with Crippen LogP contribution >= 0.6 is 0 Å². The lowest BCUT2D eigenvalue weighted by Crippen LogP contribution is -2.48. The second-order valence-corrected chi connectivity index (χ2v) is 9.49. The minimum absolute atomic E-state index is 0.102. The fraction of sp³-hybridized carbons (Fsp3) is 0.360. The van der Waals surface area contributed by atoms with Crippen molar-refractivity contribution in [1.29, 1.82) is 0 Å². The summed E-state index contributed by atoms with van der Waals surface area (Å²) >= 11 is 0. The Hall–Kier alpha value is -3.48. The zero-order valence-electron chi connectivity index (χ0n) is 18.5. The maximum absolute atomic E-state index is 13.8. The lowest BCUT2D eigenvalue weighted by molar-refractivity contribution is -0.136. The molecular weight excluding hydrogens is 406 g/mol. The van der Waals surface area contributed by atoms with Gasteiger partial charge in [0.05, 0.1) is 36.9 Å². The van der Waals surface area contributed by atoms with Gasteiger partial charge in [0.1, 0.15) is 11.8 Å². The number of hydrogen-bond donors (Lipinski definition) is 0. The van der Waals surface area contributed by atoms with Crippen molar-refractivity contribution in [3.05, 3.63) is 59.7 Å². The Labute approximate surface area is 186 Å². The van der Waals surface area contributed by atoms with Crippen LogP contribution in [0.3, 0.4) is 0 Å². The number of imide groups is 1. The molecule has 0 aromatic heterocycles. The van der Waals surface area contributed by atoms with E-state index in [1.54, 1.807) is 35.5 Å². The first kappa shape index (κ1) is 20.4. The maximum atomic E-state index is 13.8. The Morgan fingerprint density at radius 2 is 1.62 bits per heavy atom. The molecule has 2 aromatic rings. The lowest BCUT2D eigenvalue weighted by Gasteiger charge is -2.35. The molecule has 164 valence electrons. The number of ether oxygens (including phenoxy) is 1. The lowest BCUT2D eigenvalue weighted by atomic mass is 9.79. The summed E-state index contributed by atoms with van der Waals surface area (Å²) in [6, 6.07) is 13.4. The third kappa shape index (κ3) is 2.73. The first-order valence-corrected chi connectivity index (χ1v) is 10.7. The van der Waals surface area contributed by atoms with Crippen LogP contribution in [0.1, 0.15) is 37.9 Å². The van der Waals surface area contributed by atoms with Crippen LogP contribution in [0.25, 0.3) is 0 Å². The molecule has 7 nitrogen and oxygen atoms in total. The van der Waals surface area contributed by atoms with Crippen LogP contribution in [0.5, 0.6) is 5.75 Å². The summed E-state index contributed by atoms with van der Waals surface area (Å²) in [4.78, 5) is 42.4. The SMILES string of the molecule is COc1ccccc1N1C(=O)[C@@H]2[C@H](C1=O)[C@H](C(=O)C(C)(C)C)N1N=Cc3ccccc3[C@@H]21. The molecule has 0 N–H and O–H groups in total. The standard InChI is InChI=1S/C25H25N3O4/c1-25(2,3)22(29)21-19-18(20-15-10-6-5-9-14(15)13-26-28(20)21)23(30)27(24(19)31)16-11-7-8-12-17(16)32-4/h5-13,18-21H,1-4H3/t18-,19+,20+,21-/m1/s1. The van der Waals surface area contributed by atoms with Gasteiger partial charge in [-0.2, -0.15) is 5.10 Å². The number of carbonyl (C=O) groups is 3. The summed E-state index contributed by atoms with van der Waals surface area (Å²) in [5.41, 5.74) is 1.51. The Balaban J connectivity index is 1.68. The number of hydrazone groups is 1. The molecule has 2 fully saturated rings. The van der Waals surface area contributed by atoms with E-state index in [1.807, 2.05) is 45.0 Å². The normalized spacial score (nSPS) is 26.1. The molecule has 32 heavy (non-hydrogen) atoms. The topological polar surface area (TPSA) is 79.3 Å². The quantitative estimate of drug-likeness (QED) is 0.698. The molecule has 0 radical (unpaired) electrons. The Kier molecular flexibility index (Phi) is 4.48. The molecule has 2 saturated heterocycles. The van der Waals surface area contributed by atoms with Crippen LogP contribution in [0.2, 0.25) is 0 Å². The van der Waals surface area contributed by atoms with Gasteiger partial charge in [-0.15, -0.1) is 0 Å². The number of fused-ring (bicyclic) bond motifs is 5. The smallest absolute Gasteiger partial charge is 0.240 e. The van der Waals surface area contributed by atoms with Gasteiger partial charge in [-0.1, -0.05) is 57.2 Å². The van der Waals surface area contributed by atoms with Crippen LogP contribution in [0, 0.1) is 17.3 Å². The highest BCUT2D eigenvalue weighted by Gasteiger charge is 2.66. The van der Waals surface area contributed by atoms with Gasteiger partial charge < -0.3 is 4.74 Å². The monoisotopic (exact) mass is 431 g/mol. The van der Waals surface area contributed by atoms with E-state index < -0.39 is 29.3 Å². The van der Waals surface area contributed by atoms with E-state index in [2.05, 4.69) is 5.10 Å². The zero-order chi connectivity index (χ0) is 22.8. The second kappa shape index (κ2) is 7.02. The molecule has 3 aliphatic rings. The zero-order valence-corrected chi connectivity index (χ0v) is 18.5. The van der Waals surface area contributed by atoms with E-state index in [0.717, 1.165) is 11.1 Å². The minimum Gasteiger partial charge on any atom is -0.495 e. The highest BCUT2D eigenvalue weighted by atomic mass is 16.5. The Bertz CT molecular complexity index is 1170. The van der Waals surface area contributed by atoms with E-state index in [4.69, 9.17) is 4.74 Å². The first-order chi connectivity index (χ1) is 15.3. The van der Waals surface area contributed by atoms with E-state index in [0.29, 0.717) is 11.4 Å². The van der Waals surface area contributed by atoms with Crippen molar-refractivity contribution in [1.82, 2.24) is 5.01 Å². The number of ketones is 1. The van der Waals surface area contributed by atoms with Gasteiger partial charge >= 0.3 is 0 Å². The summed E-state index contributed by atoms with van der Waals surface area (Å²) in [5.74, 6) is -1.89. The average Bonchev–Trinajstić information content (AvgIpc) is 3.25. The van der Waals surface area contributed by atoms with Gasteiger partial charge in [-0.05, 0) is 23.3 Å². The van der Waals surface area contributed by atoms with Crippen LogP contribution in [-0.4, -0.2) is 42.0 Å². The molecule has 3 aliphatic heterocycles. The fourth-order valence-electron chi connectivity index (χ4n) is 5.16. The van der Waals surface area contributed by atoms with Gasteiger partial charge in [-0.25, -0.2) is 4.90 Å². The number of methoxy groups -OCH3 is 1. The molecule has 5 rings (SSSR count). The molecule has 0 spiro atoms. The second-order valence-electron chi connectivity index (χ2n) is 9.49. The van der Waals surface area contributed by atoms with Gasteiger partial charge in [0.25, 0.3) is 0 Å². The molecule has 0 aliphatic carbocycles. The van der Waals surface area contributed by atoms with Gasteiger partial charge in [0.15, 0.2) is 5.78 Å². The third-order valence-corrected chi connectivity index (χ3v) is 6.63. The molecule has 0 unspecified atom stereocenters. The molecule has 0 saturated carbocycles. The van der Waals surface area contributed by atoms with Gasteiger partial charge in [-0.3, -0.25) is 19.4 Å². The minimum atomic E-state index is -0.814. The molecule has 4 atom stereocenters. The number of hydrogen-bond acceptors (Lipinski definition) is 6. The van der Waals surface area contributed by atoms with Gasteiger partial charge in [0, 0.05) is 5.41 Å². The number of rotatable bonds is 3. The first-order valence-electron chi connectivity index (χ1n) is 10.7. The van der Waals surface area contributed by atoms with Crippen molar-refractivity contribution in [2.24, 2.45) is 22.4 Å². The summed E-state index contributed by atoms with van der Waals surface area (Å²) in [5, 5.41) is 6.27. The summed E-state index contributed by atoms with van der Waals surface area (Å²) < 4.78 is 5.42.